The van der Waals surface area contributed by atoms with E-state index < -0.39 is 46.4 Å². The Labute approximate surface area is 142 Å². The monoisotopic (exact) mass is 348 g/mol. The lowest BCUT2D eigenvalue weighted by molar-refractivity contribution is -0.119. The summed E-state index contributed by atoms with van der Waals surface area (Å²) in [5.41, 5.74) is -1.03. The number of aliphatic hydroxyl groups excluding tert-OH is 1. The molecule has 1 heterocycles. The van der Waals surface area contributed by atoms with E-state index in [1.165, 1.54) is 14.0 Å². The van der Waals surface area contributed by atoms with Gasteiger partial charge in [0.1, 0.15) is 17.6 Å². The Hall–Kier alpha value is -2.87. The standard InChI is InChI=1S/C17H16O8/c1-6(18)3-7-4-8(19)12-15(22)11-9(20)5-10(24-2)14(21)13(11)16(23)17(12)25-7/h5,7-8,19,22-23H,3-4H2,1-2H3/t7-,8-/m0/s1. The van der Waals surface area contributed by atoms with Crippen molar-refractivity contribution in [1.29, 1.82) is 0 Å². The molecule has 0 spiro atoms. The molecule has 1 aliphatic heterocycles. The average molecular weight is 348 g/mol. The van der Waals surface area contributed by atoms with Crippen molar-refractivity contribution in [2.75, 3.05) is 7.11 Å². The minimum atomic E-state index is -1.26. The molecule has 8 nitrogen and oxygen atoms in total. The summed E-state index contributed by atoms with van der Waals surface area (Å²) in [5, 5.41) is 31.2. The molecule has 3 rings (SSSR count). The number of Topliss-reactive ketones (excluding diaryl/α,β-unsaturated/α-hetero) is 2. The summed E-state index contributed by atoms with van der Waals surface area (Å²) in [6.07, 6.45) is -1.09. The quantitative estimate of drug-likeness (QED) is 0.694. The number of carbonyl (C=O) groups is 3. The molecule has 2 aliphatic rings. The summed E-state index contributed by atoms with van der Waals surface area (Å²) in [7, 11) is 1.19. The molecule has 8 heteroatoms. The molecule has 3 N–H and O–H groups in total. The highest BCUT2D eigenvalue weighted by Crippen LogP contribution is 2.51. The van der Waals surface area contributed by atoms with Crippen LogP contribution in [0.15, 0.2) is 11.8 Å². The van der Waals surface area contributed by atoms with Gasteiger partial charge in [0.2, 0.25) is 5.78 Å². The summed E-state index contributed by atoms with van der Waals surface area (Å²) < 4.78 is 10.4. The minimum Gasteiger partial charge on any atom is -0.507 e. The van der Waals surface area contributed by atoms with E-state index in [4.69, 9.17) is 9.47 Å². The van der Waals surface area contributed by atoms with Crippen LogP contribution in [0.3, 0.4) is 0 Å². The number of phenols is 2. The van der Waals surface area contributed by atoms with Gasteiger partial charge in [-0.25, -0.2) is 0 Å². The maximum atomic E-state index is 12.4. The normalized spacial score (nSPS) is 21.8. The van der Waals surface area contributed by atoms with Crippen molar-refractivity contribution >= 4 is 17.3 Å². The maximum absolute atomic E-state index is 12.4. The largest absolute Gasteiger partial charge is 0.507 e. The van der Waals surface area contributed by atoms with Crippen LogP contribution < -0.4 is 4.74 Å². The first-order valence-electron chi connectivity index (χ1n) is 7.56. The summed E-state index contributed by atoms with van der Waals surface area (Å²) in [5.74, 6) is -3.60. The molecule has 0 unspecified atom stereocenters. The van der Waals surface area contributed by atoms with Gasteiger partial charge in [-0.3, -0.25) is 14.4 Å². The Kier molecular flexibility index (Phi) is 4.00. The van der Waals surface area contributed by atoms with Crippen molar-refractivity contribution in [3.05, 3.63) is 28.5 Å². The fourth-order valence-electron chi connectivity index (χ4n) is 3.17. The summed E-state index contributed by atoms with van der Waals surface area (Å²) >= 11 is 0. The van der Waals surface area contributed by atoms with Crippen molar-refractivity contribution < 1.29 is 39.2 Å². The first-order valence-corrected chi connectivity index (χ1v) is 7.56. The highest BCUT2D eigenvalue weighted by molar-refractivity contribution is 6.26. The second-order valence-electron chi connectivity index (χ2n) is 5.99. The number of ketones is 3. The first-order chi connectivity index (χ1) is 11.8. The van der Waals surface area contributed by atoms with Gasteiger partial charge in [-0.1, -0.05) is 0 Å². The third-order valence-corrected chi connectivity index (χ3v) is 4.24. The van der Waals surface area contributed by atoms with E-state index >= 15 is 0 Å². The Morgan fingerprint density at radius 1 is 1.28 bits per heavy atom. The Morgan fingerprint density at radius 2 is 1.96 bits per heavy atom. The third kappa shape index (κ3) is 2.54. The molecule has 0 fully saturated rings. The van der Waals surface area contributed by atoms with Crippen molar-refractivity contribution in [2.24, 2.45) is 0 Å². The highest BCUT2D eigenvalue weighted by atomic mass is 16.5. The number of phenolic OH excluding ortho intramolecular Hbond substituents is 2. The molecule has 132 valence electrons. The second kappa shape index (κ2) is 5.89. The number of ether oxygens (including phenoxy) is 2. The Bertz CT molecular complexity index is 836. The van der Waals surface area contributed by atoms with Crippen LogP contribution in [0.2, 0.25) is 0 Å². The lowest BCUT2D eigenvalue weighted by Gasteiger charge is -2.32. The molecular formula is C17H16O8. The third-order valence-electron chi connectivity index (χ3n) is 4.24. The van der Waals surface area contributed by atoms with Crippen LogP contribution >= 0.6 is 0 Å². The van der Waals surface area contributed by atoms with Gasteiger partial charge in [0, 0.05) is 18.9 Å². The molecule has 1 aromatic carbocycles. The van der Waals surface area contributed by atoms with E-state index in [1.807, 2.05) is 0 Å². The van der Waals surface area contributed by atoms with E-state index in [1.54, 1.807) is 0 Å². The molecule has 2 atom stereocenters. The number of hydrogen-bond donors (Lipinski definition) is 3. The van der Waals surface area contributed by atoms with Crippen LogP contribution in [0.1, 0.15) is 52.1 Å². The van der Waals surface area contributed by atoms with E-state index in [-0.39, 0.29) is 35.7 Å². The molecule has 0 bridgehead atoms. The second-order valence-corrected chi connectivity index (χ2v) is 5.99. The number of carbonyl (C=O) groups excluding carboxylic acids is 3. The number of aromatic hydroxyl groups is 2. The topological polar surface area (TPSA) is 130 Å². The molecule has 1 aliphatic carbocycles. The number of benzene rings is 1. The molecular weight excluding hydrogens is 332 g/mol. The molecule has 0 radical (unpaired) electrons. The number of hydrogen-bond acceptors (Lipinski definition) is 8. The van der Waals surface area contributed by atoms with E-state index in [0.717, 1.165) is 6.08 Å². The number of methoxy groups -OCH3 is 1. The summed E-state index contributed by atoms with van der Waals surface area (Å²) in [6, 6.07) is 0. The first kappa shape index (κ1) is 17.0. The zero-order chi connectivity index (χ0) is 18.5. The van der Waals surface area contributed by atoms with Crippen LogP contribution in [0, 0.1) is 0 Å². The van der Waals surface area contributed by atoms with Gasteiger partial charge in [-0.2, -0.15) is 0 Å². The van der Waals surface area contributed by atoms with Crippen molar-refractivity contribution in [3.8, 4) is 17.2 Å². The summed E-state index contributed by atoms with van der Waals surface area (Å²) in [6.45, 7) is 1.35. The van der Waals surface area contributed by atoms with Gasteiger partial charge >= 0.3 is 0 Å². The number of fused-ring (bicyclic) bond motifs is 2. The number of aliphatic hydroxyl groups is 1. The van der Waals surface area contributed by atoms with Gasteiger partial charge in [0.05, 0.1) is 29.9 Å². The number of rotatable bonds is 3. The van der Waals surface area contributed by atoms with Crippen LogP contribution in [-0.2, 0) is 9.53 Å². The van der Waals surface area contributed by atoms with Gasteiger partial charge in [-0.05, 0) is 6.92 Å². The molecule has 0 aromatic heterocycles. The van der Waals surface area contributed by atoms with Gasteiger partial charge in [0.25, 0.3) is 0 Å². The Morgan fingerprint density at radius 3 is 2.56 bits per heavy atom. The van der Waals surface area contributed by atoms with Crippen molar-refractivity contribution in [3.63, 3.8) is 0 Å². The zero-order valence-electron chi connectivity index (χ0n) is 13.5. The predicted molar refractivity (Wildman–Crippen MR) is 82.8 cm³/mol. The molecule has 25 heavy (non-hydrogen) atoms. The maximum Gasteiger partial charge on any atom is 0.232 e. The van der Waals surface area contributed by atoms with Gasteiger partial charge < -0.3 is 24.8 Å². The van der Waals surface area contributed by atoms with Gasteiger partial charge in [-0.15, -0.1) is 0 Å². The smallest absolute Gasteiger partial charge is 0.232 e. The average Bonchev–Trinajstić information content (AvgIpc) is 2.53. The summed E-state index contributed by atoms with van der Waals surface area (Å²) in [4.78, 5) is 35.9. The molecule has 0 saturated carbocycles. The Balaban J connectivity index is 2.21. The molecule has 1 aromatic rings. The predicted octanol–water partition coefficient (Wildman–Crippen LogP) is 1.17. The van der Waals surface area contributed by atoms with Crippen LogP contribution in [-0.4, -0.2) is 45.9 Å². The van der Waals surface area contributed by atoms with Crippen LogP contribution in [0.4, 0.5) is 0 Å². The SMILES string of the molecule is COC1=CC(=O)c2c(O)c3c(c(O)c2C1=O)O[C@@H](CC(C)=O)C[C@@H]3O. The van der Waals surface area contributed by atoms with E-state index in [9.17, 15) is 29.7 Å². The zero-order valence-corrected chi connectivity index (χ0v) is 13.5. The van der Waals surface area contributed by atoms with Crippen LogP contribution in [0.5, 0.6) is 17.2 Å². The van der Waals surface area contributed by atoms with Crippen LogP contribution in [0.25, 0.3) is 0 Å². The molecule has 0 amide bonds. The fraction of sp³-hybridized carbons (Fsp3) is 0.353. The van der Waals surface area contributed by atoms with E-state index in [0.29, 0.717) is 0 Å². The van der Waals surface area contributed by atoms with Gasteiger partial charge in [0.15, 0.2) is 23.0 Å². The van der Waals surface area contributed by atoms with Crippen molar-refractivity contribution in [2.45, 2.75) is 32.0 Å². The van der Waals surface area contributed by atoms with Crippen molar-refractivity contribution in [1.82, 2.24) is 0 Å². The number of allylic oxidation sites excluding steroid dienone is 2. The minimum absolute atomic E-state index is 0.000333. The highest BCUT2D eigenvalue weighted by Gasteiger charge is 2.41. The fourth-order valence-corrected chi connectivity index (χ4v) is 3.17. The lowest BCUT2D eigenvalue weighted by Crippen LogP contribution is -2.29. The lowest BCUT2D eigenvalue weighted by atomic mass is 9.85. The molecule has 0 saturated heterocycles. The van der Waals surface area contributed by atoms with E-state index in [2.05, 4.69) is 0 Å².